The van der Waals surface area contributed by atoms with Gasteiger partial charge in [0.2, 0.25) is 0 Å². The molecule has 0 aromatic heterocycles. The minimum absolute atomic E-state index is 0.177. The molecule has 0 radical (unpaired) electrons. The Hall–Kier alpha value is -1.31. The molecule has 0 amide bonds. The number of ether oxygens (including phenoxy) is 1. The number of halogens is 2. The van der Waals surface area contributed by atoms with Gasteiger partial charge in [-0.25, -0.2) is 8.42 Å². The lowest BCUT2D eigenvalue weighted by Crippen LogP contribution is -2.40. The van der Waals surface area contributed by atoms with E-state index in [2.05, 4.69) is 16.8 Å². The monoisotopic (exact) mass is 480 g/mol. The smallest absolute Gasteiger partial charge is 0.175 e. The van der Waals surface area contributed by atoms with Crippen LogP contribution in [0.1, 0.15) is 17.2 Å². The third-order valence-electron chi connectivity index (χ3n) is 6.95. The Labute approximate surface area is 193 Å². The van der Waals surface area contributed by atoms with Crippen LogP contribution in [0.5, 0.6) is 5.75 Å². The van der Waals surface area contributed by atoms with Gasteiger partial charge in [-0.05, 0) is 67.3 Å². The molecule has 0 spiro atoms. The van der Waals surface area contributed by atoms with Crippen LogP contribution in [0.3, 0.4) is 0 Å². The Bertz CT molecular complexity index is 1090. The van der Waals surface area contributed by atoms with Crippen molar-refractivity contribution in [3.8, 4) is 5.75 Å². The maximum Gasteiger partial charge on any atom is 0.175 e. The largest absolute Gasteiger partial charge is 0.484 e. The summed E-state index contributed by atoms with van der Waals surface area (Å²) in [6.07, 6.45) is 1.83. The van der Waals surface area contributed by atoms with E-state index in [1.165, 1.54) is 6.26 Å². The Kier molecular flexibility index (Phi) is 5.50. The van der Waals surface area contributed by atoms with Crippen molar-refractivity contribution in [1.29, 1.82) is 0 Å². The molecule has 2 aromatic rings. The minimum atomic E-state index is -3.25. The second-order valence-corrected chi connectivity index (χ2v) is 12.1. The Balaban J connectivity index is 1.45. The highest BCUT2D eigenvalue weighted by atomic mass is 35.5. The van der Waals surface area contributed by atoms with E-state index < -0.39 is 9.84 Å². The van der Waals surface area contributed by atoms with Crippen LogP contribution in [-0.2, 0) is 16.3 Å². The first kappa shape index (κ1) is 21.5. The second kappa shape index (κ2) is 7.92. The number of benzene rings is 2. The third kappa shape index (κ3) is 4.09. The normalized spacial score (nSPS) is 28.6. The van der Waals surface area contributed by atoms with Crippen LogP contribution in [0.2, 0.25) is 10.0 Å². The maximum atomic E-state index is 11.8. The van der Waals surface area contributed by atoms with Crippen molar-refractivity contribution in [2.45, 2.75) is 23.5 Å². The third-order valence-corrected chi connectivity index (χ3v) is 8.63. The maximum absolute atomic E-state index is 11.8. The summed E-state index contributed by atoms with van der Waals surface area (Å²) in [5, 5.41) is 1.29. The number of likely N-dealkylation sites (tertiary alicyclic amines) is 2. The molecule has 2 saturated heterocycles. The van der Waals surface area contributed by atoms with Crippen LogP contribution < -0.4 is 4.74 Å². The number of hydrogen-bond acceptors (Lipinski definition) is 5. The summed E-state index contributed by atoms with van der Waals surface area (Å²) < 4.78 is 30.1. The van der Waals surface area contributed by atoms with E-state index in [4.69, 9.17) is 27.9 Å². The van der Waals surface area contributed by atoms with Crippen LogP contribution in [0.25, 0.3) is 0 Å². The fourth-order valence-corrected chi connectivity index (χ4v) is 6.74. The van der Waals surface area contributed by atoms with Crippen LogP contribution in [0, 0.1) is 11.8 Å². The molecule has 2 fully saturated rings. The standard InChI is InChI=1S/C23H26Cl2N2O3S/c1-26-10-14-12-27(13-15(14)11-26)22-9-19-20(7-16(24)8-21(19)25)23(22)30-17-3-5-18(6-4-17)31(2,28)29/h3-8,14-15,22-23H,9-13H2,1-2H3/t14?,15?,22-,23+/m0/s1. The van der Waals surface area contributed by atoms with Crippen LogP contribution in [0.15, 0.2) is 41.3 Å². The molecule has 0 bridgehead atoms. The summed E-state index contributed by atoms with van der Waals surface area (Å²) in [4.78, 5) is 5.26. The van der Waals surface area contributed by atoms with E-state index in [9.17, 15) is 8.42 Å². The summed E-state index contributed by atoms with van der Waals surface area (Å²) in [6, 6.07) is 10.6. The van der Waals surface area contributed by atoms with Crippen LogP contribution >= 0.6 is 23.2 Å². The molecule has 8 heteroatoms. The highest BCUT2D eigenvalue weighted by Crippen LogP contribution is 2.45. The minimum Gasteiger partial charge on any atom is -0.484 e. The first-order chi connectivity index (χ1) is 14.7. The highest BCUT2D eigenvalue weighted by molar-refractivity contribution is 7.90. The topological polar surface area (TPSA) is 49.9 Å². The lowest BCUT2D eigenvalue weighted by atomic mass is 10.0. The van der Waals surface area contributed by atoms with Crippen molar-refractivity contribution in [1.82, 2.24) is 9.80 Å². The lowest BCUT2D eigenvalue weighted by molar-refractivity contribution is 0.0863. The Morgan fingerprint density at radius 1 is 1.00 bits per heavy atom. The van der Waals surface area contributed by atoms with Gasteiger partial charge in [-0.3, -0.25) is 4.90 Å². The van der Waals surface area contributed by atoms with Crippen molar-refractivity contribution in [3.05, 3.63) is 57.6 Å². The van der Waals surface area contributed by atoms with E-state index >= 15 is 0 Å². The molecule has 0 N–H and O–H groups in total. The van der Waals surface area contributed by atoms with Crippen LogP contribution in [-0.4, -0.2) is 63.7 Å². The summed E-state index contributed by atoms with van der Waals surface area (Å²) in [6.45, 7) is 4.41. The van der Waals surface area contributed by atoms with Gasteiger partial charge in [0, 0.05) is 48.0 Å². The molecule has 5 nitrogen and oxygen atoms in total. The van der Waals surface area contributed by atoms with Gasteiger partial charge >= 0.3 is 0 Å². The van der Waals surface area contributed by atoms with E-state index in [1.54, 1.807) is 30.3 Å². The summed E-state index contributed by atoms with van der Waals surface area (Å²) >= 11 is 12.9. The zero-order valence-corrected chi connectivity index (χ0v) is 19.9. The molecule has 2 aromatic carbocycles. The van der Waals surface area contributed by atoms with Crippen molar-refractivity contribution in [2.75, 3.05) is 39.5 Å². The van der Waals surface area contributed by atoms with E-state index in [0.717, 1.165) is 43.7 Å². The molecule has 4 atom stereocenters. The molecular formula is C23H26Cl2N2O3S. The summed E-state index contributed by atoms with van der Waals surface area (Å²) in [5.74, 6) is 2.04. The lowest BCUT2D eigenvalue weighted by Gasteiger charge is -2.31. The van der Waals surface area contributed by atoms with Gasteiger partial charge in [0.05, 0.1) is 10.9 Å². The molecule has 2 heterocycles. The van der Waals surface area contributed by atoms with Crippen LogP contribution in [0.4, 0.5) is 0 Å². The fraction of sp³-hybridized carbons (Fsp3) is 0.478. The van der Waals surface area contributed by atoms with Gasteiger partial charge < -0.3 is 9.64 Å². The van der Waals surface area contributed by atoms with Gasteiger partial charge in [0.25, 0.3) is 0 Å². The van der Waals surface area contributed by atoms with E-state index in [-0.39, 0.29) is 17.0 Å². The van der Waals surface area contributed by atoms with Gasteiger partial charge in [0.1, 0.15) is 11.9 Å². The zero-order chi connectivity index (χ0) is 21.9. The molecule has 2 aliphatic heterocycles. The predicted octanol–water partition coefficient (Wildman–Crippen LogP) is 3.94. The molecule has 2 unspecified atom stereocenters. The van der Waals surface area contributed by atoms with Crippen molar-refractivity contribution in [3.63, 3.8) is 0 Å². The fourth-order valence-electron chi connectivity index (χ4n) is 5.53. The summed E-state index contributed by atoms with van der Waals surface area (Å²) in [5.41, 5.74) is 2.13. The van der Waals surface area contributed by atoms with Crippen molar-refractivity contribution >= 4 is 33.0 Å². The van der Waals surface area contributed by atoms with Gasteiger partial charge in [-0.15, -0.1) is 0 Å². The molecule has 1 aliphatic carbocycles. The zero-order valence-electron chi connectivity index (χ0n) is 17.6. The molecule has 0 saturated carbocycles. The van der Waals surface area contributed by atoms with E-state index in [1.807, 2.05) is 6.07 Å². The average molecular weight is 481 g/mol. The molecule has 5 rings (SSSR count). The van der Waals surface area contributed by atoms with Gasteiger partial charge in [0.15, 0.2) is 9.84 Å². The number of hydrogen-bond donors (Lipinski definition) is 0. The molecule has 3 aliphatic rings. The first-order valence-corrected chi connectivity index (χ1v) is 13.2. The SMILES string of the molecule is CN1CC2CN([C@H]3Cc4c(Cl)cc(Cl)cc4[C@H]3Oc3ccc(S(C)(=O)=O)cc3)CC2C1. The quantitative estimate of drug-likeness (QED) is 0.663. The number of nitrogens with zero attached hydrogens (tertiary/aromatic N) is 2. The number of rotatable bonds is 4. The number of sulfone groups is 1. The van der Waals surface area contributed by atoms with E-state index in [0.29, 0.717) is 27.6 Å². The highest BCUT2D eigenvalue weighted by Gasteiger charge is 2.46. The Morgan fingerprint density at radius 2 is 1.65 bits per heavy atom. The van der Waals surface area contributed by atoms with Crippen molar-refractivity contribution < 1.29 is 13.2 Å². The Morgan fingerprint density at radius 3 is 2.26 bits per heavy atom. The second-order valence-electron chi connectivity index (χ2n) is 9.20. The van der Waals surface area contributed by atoms with Gasteiger partial charge in [-0.1, -0.05) is 23.2 Å². The molecule has 166 valence electrons. The van der Waals surface area contributed by atoms with Gasteiger partial charge in [-0.2, -0.15) is 0 Å². The van der Waals surface area contributed by atoms with Crippen molar-refractivity contribution in [2.24, 2.45) is 11.8 Å². The molecule has 31 heavy (non-hydrogen) atoms. The summed E-state index contributed by atoms with van der Waals surface area (Å²) in [7, 11) is -1.05. The first-order valence-electron chi connectivity index (χ1n) is 10.6. The average Bonchev–Trinajstić information content (AvgIpc) is 3.33. The molecular weight excluding hydrogens is 455 g/mol. The predicted molar refractivity (Wildman–Crippen MR) is 123 cm³/mol. The number of fused-ring (bicyclic) bond motifs is 2.